The Morgan fingerprint density at radius 3 is 2.29 bits per heavy atom. The smallest absolute Gasteiger partial charge is 0.221 e. The third-order valence-corrected chi connectivity index (χ3v) is 4.15. The van der Waals surface area contributed by atoms with E-state index in [0.29, 0.717) is 6.42 Å². The third kappa shape index (κ3) is 2.87. The van der Waals surface area contributed by atoms with Crippen molar-refractivity contribution < 1.29 is 23.7 Å². The predicted molar refractivity (Wildman–Crippen MR) is 76.8 cm³/mol. The van der Waals surface area contributed by atoms with Crippen molar-refractivity contribution in [3.63, 3.8) is 0 Å². The second-order valence-electron chi connectivity index (χ2n) is 5.54. The summed E-state index contributed by atoms with van der Waals surface area (Å²) >= 11 is 0. The number of rotatable bonds is 5. The van der Waals surface area contributed by atoms with E-state index in [9.17, 15) is 4.79 Å². The second kappa shape index (κ2) is 5.85. The topological polar surface area (TPSA) is 54.0 Å². The molecule has 5 nitrogen and oxygen atoms in total. The summed E-state index contributed by atoms with van der Waals surface area (Å²) in [7, 11) is 3.02. The molecule has 1 saturated heterocycles. The summed E-state index contributed by atoms with van der Waals surface area (Å²) in [5.41, 5.74) is -0.0999. The van der Waals surface area contributed by atoms with E-state index in [1.807, 2.05) is 30.3 Å². The van der Waals surface area contributed by atoms with Gasteiger partial charge in [-0.15, -0.1) is 0 Å². The molecule has 1 aromatic rings. The van der Waals surface area contributed by atoms with Crippen LogP contribution < -0.4 is 0 Å². The monoisotopic (exact) mass is 294 g/mol. The van der Waals surface area contributed by atoms with Crippen LogP contribution in [0.15, 0.2) is 30.3 Å². The molecule has 3 atom stereocenters. The second-order valence-corrected chi connectivity index (χ2v) is 5.54. The molecule has 5 heteroatoms. The van der Waals surface area contributed by atoms with E-state index in [1.165, 1.54) is 14.2 Å². The SMILES string of the molecule is CO[C@]1(C)OC[C@](C=O)(Cc2ccccc2)O[C@@]1(C)OC. The fraction of sp³-hybridized carbons (Fsp3) is 0.562. The van der Waals surface area contributed by atoms with Crippen molar-refractivity contribution in [2.75, 3.05) is 20.8 Å². The number of methoxy groups -OCH3 is 2. The first-order valence-electron chi connectivity index (χ1n) is 6.87. The van der Waals surface area contributed by atoms with Gasteiger partial charge in [0.05, 0.1) is 6.61 Å². The maximum absolute atomic E-state index is 11.7. The lowest BCUT2D eigenvalue weighted by Crippen LogP contribution is -2.67. The van der Waals surface area contributed by atoms with Crippen molar-refractivity contribution in [3.05, 3.63) is 35.9 Å². The van der Waals surface area contributed by atoms with Crippen molar-refractivity contribution in [1.82, 2.24) is 0 Å². The number of carbonyl (C=O) groups is 1. The highest BCUT2D eigenvalue weighted by atomic mass is 16.8. The Kier molecular flexibility index (Phi) is 4.49. The average Bonchev–Trinajstić information content (AvgIpc) is 2.52. The minimum Gasteiger partial charge on any atom is -0.349 e. The summed E-state index contributed by atoms with van der Waals surface area (Å²) in [6, 6.07) is 9.67. The average molecular weight is 294 g/mol. The number of ether oxygens (including phenoxy) is 4. The summed E-state index contributed by atoms with van der Waals surface area (Å²) < 4.78 is 22.7. The van der Waals surface area contributed by atoms with Gasteiger partial charge in [0.1, 0.15) is 0 Å². The Balaban J connectivity index is 2.28. The van der Waals surface area contributed by atoms with Crippen LogP contribution in [0.3, 0.4) is 0 Å². The van der Waals surface area contributed by atoms with Gasteiger partial charge >= 0.3 is 0 Å². The molecule has 116 valence electrons. The molecule has 2 rings (SSSR count). The van der Waals surface area contributed by atoms with Crippen LogP contribution in [0.5, 0.6) is 0 Å². The minimum absolute atomic E-state index is 0.106. The van der Waals surface area contributed by atoms with Gasteiger partial charge in [0.2, 0.25) is 11.6 Å². The lowest BCUT2D eigenvalue weighted by Gasteiger charge is -2.52. The number of hydrogen-bond donors (Lipinski definition) is 0. The van der Waals surface area contributed by atoms with Gasteiger partial charge in [-0.3, -0.25) is 0 Å². The molecule has 0 unspecified atom stereocenters. The molecule has 1 aliphatic heterocycles. The highest BCUT2D eigenvalue weighted by Crippen LogP contribution is 2.40. The molecule has 0 amide bonds. The van der Waals surface area contributed by atoms with Crippen LogP contribution in [-0.4, -0.2) is 44.3 Å². The van der Waals surface area contributed by atoms with Gasteiger partial charge in [-0.05, 0) is 19.4 Å². The van der Waals surface area contributed by atoms with Crippen LogP contribution >= 0.6 is 0 Å². The summed E-state index contributed by atoms with van der Waals surface area (Å²) in [4.78, 5) is 11.7. The van der Waals surface area contributed by atoms with E-state index in [0.717, 1.165) is 11.8 Å². The van der Waals surface area contributed by atoms with Crippen molar-refractivity contribution in [3.8, 4) is 0 Å². The fourth-order valence-corrected chi connectivity index (χ4v) is 2.50. The molecule has 21 heavy (non-hydrogen) atoms. The largest absolute Gasteiger partial charge is 0.349 e. The van der Waals surface area contributed by atoms with Gasteiger partial charge < -0.3 is 23.7 Å². The Morgan fingerprint density at radius 2 is 1.76 bits per heavy atom. The highest BCUT2D eigenvalue weighted by Gasteiger charge is 2.58. The van der Waals surface area contributed by atoms with Crippen molar-refractivity contribution in [2.45, 2.75) is 37.4 Å². The summed E-state index contributed by atoms with van der Waals surface area (Å²) in [5.74, 6) is -2.26. The summed E-state index contributed by atoms with van der Waals surface area (Å²) in [5, 5.41) is 0. The van der Waals surface area contributed by atoms with Crippen LogP contribution in [0, 0.1) is 0 Å². The molecule has 0 radical (unpaired) electrons. The van der Waals surface area contributed by atoms with Crippen LogP contribution in [0.25, 0.3) is 0 Å². The number of benzene rings is 1. The first-order valence-corrected chi connectivity index (χ1v) is 6.87. The molecule has 0 aliphatic carbocycles. The lowest BCUT2D eigenvalue weighted by atomic mass is 9.93. The maximum Gasteiger partial charge on any atom is 0.221 e. The normalized spacial score (nSPS) is 36.4. The summed E-state index contributed by atoms with van der Waals surface area (Å²) in [6.45, 7) is 3.54. The van der Waals surface area contributed by atoms with Crippen LogP contribution in [0.1, 0.15) is 19.4 Å². The number of carbonyl (C=O) groups excluding carboxylic acids is 1. The van der Waals surface area contributed by atoms with Gasteiger partial charge in [-0.25, -0.2) is 0 Å². The van der Waals surface area contributed by atoms with E-state index in [2.05, 4.69) is 0 Å². The quantitative estimate of drug-likeness (QED) is 0.777. The maximum atomic E-state index is 11.7. The molecule has 0 bridgehead atoms. The molecule has 0 spiro atoms. The zero-order valence-corrected chi connectivity index (χ0v) is 12.9. The Morgan fingerprint density at radius 1 is 1.14 bits per heavy atom. The van der Waals surface area contributed by atoms with Gasteiger partial charge in [0.25, 0.3) is 0 Å². The zero-order chi connectivity index (χ0) is 15.6. The fourth-order valence-electron chi connectivity index (χ4n) is 2.50. The van der Waals surface area contributed by atoms with Gasteiger partial charge in [-0.1, -0.05) is 30.3 Å². The third-order valence-electron chi connectivity index (χ3n) is 4.15. The first kappa shape index (κ1) is 16.1. The molecular weight excluding hydrogens is 272 g/mol. The first-order chi connectivity index (χ1) is 9.92. The van der Waals surface area contributed by atoms with E-state index >= 15 is 0 Å². The number of hydrogen-bond acceptors (Lipinski definition) is 5. The zero-order valence-electron chi connectivity index (χ0n) is 12.9. The van der Waals surface area contributed by atoms with Crippen molar-refractivity contribution in [2.24, 2.45) is 0 Å². The van der Waals surface area contributed by atoms with Crippen LogP contribution in [0.2, 0.25) is 0 Å². The Labute approximate surface area is 125 Å². The molecule has 1 aromatic carbocycles. The Bertz CT molecular complexity index is 491. The highest BCUT2D eigenvalue weighted by molar-refractivity contribution is 5.64. The van der Waals surface area contributed by atoms with Gasteiger partial charge in [0.15, 0.2) is 11.9 Å². The van der Waals surface area contributed by atoms with Crippen LogP contribution in [-0.2, 0) is 30.2 Å². The van der Waals surface area contributed by atoms with Crippen LogP contribution in [0.4, 0.5) is 0 Å². The van der Waals surface area contributed by atoms with Crippen molar-refractivity contribution >= 4 is 6.29 Å². The van der Waals surface area contributed by atoms with Crippen molar-refractivity contribution in [1.29, 1.82) is 0 Å². The molecule has 1 aliphatic rings. The van der Waals surface area contributed by atoms with E-state index in [-0.39, 0.29) is 6.61 Å². The Hall–Kier alpha value is -1.27. The number of aldehydes is 1. The van der Waals surface area contributed by atoms with E-state index < -0.39 is 17.2 Å². The predicted octanol–water partition coefficient (Wildman–Crippen LogP) is 1.94. The van der Waals surface area contributed by atoms with E-state index in [4.69, 9.17) is 18.9 Å². The minimum atomic E-state index is -1.18. The lowest BCUT2D eigenvalue weighted by molar-refractivity contribution is -0.442. The molecule has 0 saturated carbocycles. The summed E-state index contributed by atoms with van der Waals surface area (Å²) in [6.07, 6.45) is 1.20. The molecule has 1 heterocycles. The molecular formula is C16H22O5. The molecule has 0 N–H and O–H groups in total. The standard InChI is InChI=1S/C16H22O5/c1-14(18-3)15(2,19-4)21-16(11-17,12-20-14)10-13-8-6-5-7-9-13/h5-9,11H,10,12H2,1-4H3/t14-,15-,16-/m1/s1. The van der Waals surface area contributed by atoms with E-state index in [1.54, 1.807) is 13.8 Å². The van der Waals surface area contributed by atoms with Gasteiger partial charge in [-0.2, -0.15) is 0 Å². The van der Waals surface area contributed by atoms with Gasteiger partial charge in [0, 0.05) is 20.6 Å². The molecule has 0 aromatic heterocycles. The molecule has 1 fully saturated rings.